The normalized spacial score (nSPS) is 25.9. The summed E-state index contributed by atoms with van der Waals surface area (Å²) in [5, 5.41) is 24.8. The Morgan fingerprint density at radius 3 is 1.14 bits per heavy atom. The molecule has 0 saturated heterocycles. The fourth-order valence-corrected chi connectivity index (χ4v) is 2.89. The molecular weight excluding hydrogens is 292 g/mol. The number of hydroxylamine groups is 2. The molecule has 2 saturated carbocycles. The van der Waals surface area contributed by atoms with Crippen LogP contribution in [0.3, 0.4) is 0 Å². The quantitative estimate of drug-likeness (QED) is 0.319. The predicted molar refractivity (Wildman–Crippen MR) is 71.8 cm³/mol. The van der Waals surface area contributed by atoms with Gasteiger partial charge in [-0.2, -0.15) is 0 Å². The molecule has 2 rings (SSSR count). The van der Waals surface area contributed by atoms with Crippen molar-refractivity contribution in [3.05, 3.63) is 10.4 Å². The second-order valence-corrected chi connectivity index (χ2v) is 6.09. The van der Waals surface area contributed by atoms with Crippen LogP contribution in [0, 0.1) is 10.4 Å². The smallest absolute Gasteiger partial charge is 0.349 e. The molecule has 0 N–H and O–H groups in total. The molecule has 2 aliphatic carbocycles. The van der Waals surface area contributed by atoms with Gasteiger partial charge in [-0.15, -0.1) is 0 Å². The number of carbonyl (C=O) groups is 4. The Hall–Kier alpha value is -2.12. The van der Waals surface area contributed by atoms with Gasteiger partial charge < -0.3 is 10.4 Å². The average Bonchev–Trinajstić information content (AvgIpc) is 2.48. The van der Waals surface area contributed by atoms with E-state index in [0.717, 1.165) is 13.8 Å². The van der Waals surface area contributed by atoms with Gasteiger partial charge in [0.05, 0.1) is 9.72 Å². The van der Waals surface area contributed by atoms with Crippen LogP contribution in [0.1, 0.15) is 52.4 Å². The van der Waals surface area contributed by atoms with E-state index < -0.39 is 34.2 Å². The van der Waals surface area contributed by atoms with Crippen LogP contribution in [-0.2, 0) is 19.2 Å². The summed E-state index contributed by atoms with van der Waals surface area (Å²) in [5.74, 6) is -2.67. The molecule has 22 heavy (non-hydrogen) atoms. The Kier molecular flexibility index (Phi) is 3.88. The lowest BCUT2D eigenvalue weighted by atomic mass is 9.80. The number of Topliss-reactive ketones (excluding diaryl/α,β-unsaturated/α-hetero) is 4. The van der Waals surface area contributed by atoms with Crippen LogP contribution in [0.4, 0.5) is 0 Å². The summed E-state index contributed by atoms with van der Waals surface area (Å²) >= 11 is 0. The van der Waals surface area contributed by atoms with Crippen molar-refractivity contribution in [2.24, 2.45) is 0 Å². The molecule has 2 fully saturated rings. The van der Waals surface area contributed by atoms with E-state index in [1.54, 1.807) is 0 Å². The van der Waals surface area contributed by atoms with Crippen LogP contribution in [0.2, 0.25) is 0 Å². The van der Waals surface area contributed by atoms with E-state index in [1.807, 2.05) is 0 Å². The summed E-state index contributed by atoms with van der Waals surface area (Å²) < 4.78 is 0. The zero-order valence-electron chi connectivity index (χ0n) is 12.6. The third kappa shape index (κ3) is 2.05. The van der Waals surface area contributed by atoms with E-state index in [0.29, 0.717) is 12.8 Å². The lowest BCUT2D eigenvalue weighted by Gasteiger charge is -2.29. The van der Waals surface area contributed by atoms with Gasteiger partial charge in [0.25, 0.3) is 0 Å². The highest BCUT2D eigenvalue weighted by atomic mass is 16.6. The number of carbonyl (C=O) groups excluding carboxylic acids is 4. The molecule has 0 aromatic rings. The third-order valence-electron chi connectivity index (χ3n) is 4.72. The van der Waals surface area contributed by atoms with E-state index in [1.165, 1.54) is 0 Å². The minimum atomic E-state index is -2.17. The van der Waals surface area contributed by atoms with Crippen molar-refractivity contribution in [3.8, 4) is 0 Å². The Balaban J connectivity index is 2.56. The zero-order chi connectivity index (χ0) is 16.7. The monoisotopic (exact) mass is 310 g/mol. The fraction of sp³-hybridized carbons (Fsp3) is 0.714. The number of azo groups is 1. The van der Waals surface area contributed by atoms with E-state index in [9.17, 15) is 29.6 Å². The third-order valence-corrected chi connectivity index (χ3v) is 4.72. The van der Waals surface area contributed by atoms with Crippen molar-refractivity contribution in [2.75, 3.05) is 0 Å². The number of hydrogen-bond donors (Lipinski definition) is 0. The minimum absolute atomic E-state index is 0.00737. The Labute approximate surface area is 126 Å². The first-order chi connectivity index (χ1) is 10.2. The summed E-state index contributed by atoms with van der Waals surface area (Å²) in [6.07, 6.45) is 0.686. The Morgan fingerprint density at radius 1 is 0.682 bits per heavy atom. The number of hydrogen-bond acceptors (Lipinski definition) is 6. The molecule has 0 amide bonds. The van der Waals surface area contributed by atoms with Gasteiger partial charge in [-0.3, -0.25) is 19.2 Å². The summed E-state index contributed by atoms with van der Waals surface area (Å²) in [7, 11) is 0. The summed E-state index contributed by atoms with van der Waals surface area (Å²) in [6.45, 7) is 2.16. The summed E-state index contributed by atoms with van der Waals surface area (Å²) in [5.41, 5.74) is -4.33. The van der Waals surface area contributed by atoms with Gasteiger partial charge in [0, 0.05) is 39.5 Å². The minimum Gasteiger partial charge on any atom is -0.566 e. The van der Waals surface area contributed by atoms with Gasteiger partial charge >= 0.3 is 11.1 Å². The van der Waals surface area contributed by atoms with Crippen molar-refractivity contribution >= 4 is 23.1 Å². The van der Waals surface area contributed by atoms with Gasteiger partial charge in [-0.1, -0.05) is 0 Å². The summed E-state index contributed by atoms with van der Waals surface area (Å²) in [6, 6.07) is 0. The maximum absolute atomic E-state index is 12.4. The van der Waals surface area contributed by atoms with Crippen LogP contribution in [0.5, 0.6) is 0 Å². The molecule has 0 heterocycles. The fourth-order valence-electron chi connectivity index (χ4n) is 2.89. The highest BCUT2D eigenvalue weighted by molar-refractivity contribution is 6.12. The second kappa shape index (κ2) is 5.26. The lowest BCUT2D eigenvalue weighted by Crippen LogP contribution is -2.62. The van der Waals surface area contributed by atoms with E-state index >= 15 is 0 Å². The number of nitrogens with zero attached hydrogens (tertiary/aromatic N) is 2. The highest BCUT2D eigenvalue weighted by Gasteiger charge is 2.61. The summed E-state index contributed by atoms with van der Waals surface area (Å²) in [4.78, 5) is 47.5. The Bertz CT molecular complexity index is 522. The van der Waals surface area contributed by atoms with Crippen LogP contribution in [-0.4, -0.2) is 43.9 Å². The molecule has 0 aliphatic heterocycles. The standard InChI is InChI=1S/C14H18N2O6/c1-13(9(17)5-3-6-10(13)18)15(21)16(22)14(2)11(19)7-4-8-12(14)20/h3-8H2,1-2H3/b16-15+. The van der Waals surface area contributed by atoms with E-state index in [-0.39, 0.29) is 35.4 Å². The average molecular weight is 310 g/mol. The molecule has 2 aliphatic rings. The first-order valence-corrected chi connectivity index (χ1v) is 7.24. The second-order valence-electron chi connectivity index (χ2n) is 6.09. The molecule has 0 spiro atoms. The molecule has 0 aromatic heterocycles. The van der Waals surface area contributed by atoms with Gasteiger partial charge in [-0.25, -0.2) is 0 Å². The lowest BCUT2D eigenvalue weighted by molar-refractivity contribution is -1.00. The first kappa shape index (κ1) is 16.3. The molecule has 0 bridgehead atoms. The number of rotatable bonds is 2. The molecule has 0 aromatic carbocycles. The van der Waals surface area contributed by atoms with Crippen molar-refractivity contribution in [1.29, 1.82) is 0 Å². The molecule has 120 valence electrons. The highest BCUT2D eigenvalue weighted by Crippen LogP contribution is 2.29. The van der Waals surface area contributed by atoms with Crippen molar-refractivity contribution in [2.45, 2.75) is 63.5 Å². The molecule has 8 heteroatoms. The van der Waals surface area contributed by atoms with Gasteiger partial charge in [0.2, 0.25) is 23.1 Å². The molecule has 8 nitrogen and oxygen atoms in total. The first-order valence-electron chi connectivity index (χ1n) is 7.24. The zero-order valence-corrected chi connectivity index (χ0v) is 12.6. The molecule has 0 atom stereocenters. The van der Waals surface area contributed by atoms with Crippen LogP contribution >= 0.6 is 0 Å². The molecular formula is C14H18N2O6. The maximum Gasteiger partial charge on any atom is 0.349 e. The van der Waals surface area contributed by atoms with Gasteiger partial charge in [-0.05, 0) is 12.8 Å². The van der Waals surface area contributed by atoms with Crippen LogP contribution in [0.25, 0.3) is 0 Å². The Morgan fingerprint density at radius 2 is 0.909 bits per heavy atom. The van der Waals surface area contributed by atoms with E-state index in [4.69, 9.17) is 0 Å². The largest absolute Gasteiger partial charge is 0.566 e. The predicted octanol–water partition coefficient (Wildman–Crippen LogP) is 0.621. The molecule has 0 unspecified atom stereocenters. The van der Waals surface area contributed by atoms with E-state index in [2.05, 4.69) is 0 Å². The SMILES string of the molecule is CC1(/[N+]([O-])=[N+](\[O-])C2(C)C(=O)CCCC2=O)C(=O)CCCC1=O. The number of ketones is 4. The van der Waals surface area contributed by atoms with Crippen molar-refractivity contribution < 1.29 is 28.9 Å². The van der Waals surface area contributed by atoms with Crippen LogP contribution in [0.15, 0.2) is 0 Å². The van der Waals surface area contributed by atoms with Gasteiger partial charge in [0.15, 0.2) is 0 Å². The van der Waals surface area contributed by atoms with Crippen molar-refractivity contribution in [3.63, 3.8) is 0 Å². The van der Waals surface area contributed by atoms with Crippen molar-refractivity contribution in [1.82, 2.24) is 0 Å². The topological polar surface area (TPSA) is 120 Å². The maximum atomic E-state index is 12.4. The molecule has 0 radical (unpaired) electrons. The van der Waals surface area contributed by atoms with Crippen LogP contribution < -0.4 is 0 Å². The van der Waals surface area contributed by atoms with Gasteiger partial charge in [0.1, 0.15) is 0 Å².